The van der Waals surface area contributed by atoms with Crippen LogP contribution in [0, 0.1) is 0 Å². The number of hydrogen-bond acceptors (Lipinski definition) is 5. The number of carbonyl (C=O) groups is 2. The second-order valence-electron chi connectivity index (χ2n) is 8.48. The van der Waals surface area contributed by atoms with Gasteiger partial charge in [-0.05, 0) is 54.5 Å². The summed E-state index contributed by atoms with van der Waals surface area (Å²) >= 11 is 0. The Morgan fingerprint density at radius 1 is 0.862 bits per heavy atom. The van der Waals surface area contributed by atoms with Crippen LogP contribution in [0.5, 0.6) is 17.2 Å². The van der Waals surface area contributed by atoms with Crippen LogP contribution in [0.1, 0.15) is 47.9 Å². The molecule has 0 spiro atoms. The van der Waals surface area contributed by atoms with Gasteiger partial charge in [-0.3, -0.25) is 9.59 Å². The largest absolute Gasteiger partial charge is 0.543 e. The van der Waals surface area contributed by atoms with Crippen molar-refractivity contribution in [3.05, 3.63) is 53.6 Å². The van der Waals surface area contributed by atoms with E-state index in [1.54, 1.807) is 56.7 Å². The maximum absolute atomic E-state index is 13.0. The molecule has 0 atom stereocenters. The summed E-state index contributed by atoms with van der Waals surface area (Å²) < 4.78 is 16.8. The van der Waals surface area contributed by atoms with E-state index in [-0.39, 0.29) is 23.0 Å². The molecule has 0 radical (unpaired) electrons. The highest BCUT2D eigenvalue weighted by Crippen LogP contribution is 2.39. The molecule has 5 nitrogen and oxygen atoms in total. The van der Waals surface area contributed by atoms with Gasteiger partial charge in [-0.1, -0.05) is 20.8 Å². The van der Waals surface area contributed by atoms with Gasteiger partial charge in [0.15, 0.2) is 11.6 Å². The molecule has 6 heteroatoms. The zero-order valence-corrected chi connectivity index (χ0v) is 19.3. The SMILES string of the molecule is COc1ccc(C(=O)CC(=O)c2ccc(OC)cc2O[Si](C)(C)C(C)(C)C)cc1. The maximum Gasteiger partial charge on any atom is 0.250 e. The van der Waals surface area contributed by atoms with E-state index in [2.05, 4.69) is 33.9 Å². The fourth-order valence-electron chi connectivity index (χ4n) is 2.49. The average Bonchev–Trinajstić information content (AvgIpc) is 2.66. The van der Waals surface area contributed by atoms with Gasteiger partial charge in [0.1, 0.15) is 17.2 Å². The van der Waals surface area contributed by atoms with Crippen LogP contribution in [0.3, 0.4) is 0 Å². The van der Waals surface area contributed by atoms with Gasteiger partial charge in [0.25, 0.3) is 8.32 Å². The van der Waals surface area contributed by atoms with Crippen molar-refractivity contribution in [2.24, 2.45) is 0 Å². The van der Waals surface area contributed by atoms with Crippen LogP contribution in [0.2, 0.25) is 18.1 Å². The Balaban J connectivity index is 2.30. The minimum absolute atomic E-state index is 0.0324. The van der Waals surface area contributed by atoms with Crippen LogP contribution in [0.15, 0.2) is 42.5 Å². The summed E-state index contributed by atoms with van der Waals surface area (Å²) in [5.74, 6) is 1.22. The van der Waals surface area contributed by atoms with E-state index in [1.165, 1.54) is 0 Å². The van der Waals surface area contributed by atoms with Crippen LogP contribution in [-0.4, -0.2) is 34.1 Å². The number of benzene rings is 2. The first kappa shape index (κ1) is 22.7. The van der Waals surface area contributed by atoms with Gasteiger partial charge < -0.3 is 13.9 Å². The molecular formula is C23H30O5Si. The molecule has 0 aromatic heterocycles. The van der Waals surface area contributed by atoms with E-state index in [0.29, 0.717) is 28.4 Å². The minimum Gasteiger partial charge on any atom is -0.543 e. The van der Waals surface area contributed by atoms with Crippen molar-refractivity contribution >= 4 is 19.9 Å². The lowest BCUT2D eigenvalue weighted by Gasteiger charge is -2.37. The van der Waals surface area contributed by atoms with E-state index in [4.69, 9.17) is 13.9 Å². The van der Waals surface area contributed by atoms with Crippen molar-refractivity contribution in [1.82, 2.24) is 0 Å². The highest BCUT2D eigenvalue weighted by molar-refractivity contribution is 6.74. The van der Waals surface area contributed by atoms with Gasteiger partial charge in [0, 0.05) is 11.6 Å². The normalized spacial score (nSPS) is 11.7. The summed E-state index contributed by atoms with van der Waals surface area (Å²) in [5, 5.41) is -0.0324. The predicted octanol–water partition coefficient (Wildman–Crippen LogP) is 5.54. The lowest BCUT2D eigenvalue weighted by atomic mass is 10.0. The molecule has 0 aliphatic heterocycles. The second-order valence-corrected chi connectivity index (χ2v) is 13.2. The van der Waals surface area contributed by atoms with Crippen molar-refractivity contribution in [3.63, 3.8) is 0 Å². The first-order valence-electron chi connectivity index (χ1n) is 9.56. The number of Topliss-reactive ketones (excluding diaryl/α,β-unsaturated/α-hetero) is 2. The summed E-state index contributed by atoms with van der Waals surface area (Å²) in [7, 11) is 0.953. The Kier molecular flexibility index (Phi) is 6.90. The molecule has 0 saturated carbocycles. The van der Waals surface area contributed by atoms with Crippen LogP contribution in [-0.2, 0) is 0 Å². The molecule has 2 aromatic carbocycles. The van der Waals surface area contributed by atoms with Crippen molar-refractivity contribution in [2.45, 2.75) is 45.3 Å². The fourth-order valence-corrected chi connectivity index (χ4v) is 3.52. The molecule has 29 heavy (non-hydrogen) atoms. The lowest BCUT2D eigenvalue weighted by molar-refractivity contribution is 0.0893. The summed E-state index contributed by atoms with van der Waals surface area (Å²) in [5.41, 5.74) is 0.872. The molecule has 0 amide bonds. The zero-order chi connectivity index (χ0) is 21.8. The van der Waals surface area contributed by atoms with Crippen LogP contribution >= 0.6 is 0 Å². The molecule has 2 rings (SSSR count). The quantitative estimate of drug-likeness (QED) is 0.322. The Labute approximate surface area is 174 Å². The first-order valence-corrected chi connectivity index (χ1v) is 12.5. The zero-order valence-electron chi connectivity index (χ0n) is 18.3. The van der Waals surface area contributed by atoms with Gasteiger partial charge in [-0.15, -0.1) is 0 Å². The molecule has 0 bridgehead atoms. The number of methoxy groups -OCH3 is 2. The van der Waals surface area contributed by atoms with E-state index in [9.17, 15) is 9.59 Å². The summed E-state index contributed by atoms with van der Waals surface area (Å²) in [6.45, 7) is 10.6. The molecule has 0 aliphatic rings. The Bertz CT molecular complexity index is 879. The maximum atomic E-state index is 13.0. The third kappa shape index (κ3) is 5.47. The molecule has 0 heterocycles. The number of rotatable bonds is 8. The molecular weight excluding hydrogens is 384 g/mol. The van der Waals surface area contributed by atoms with Gasteiger partial charge in [0.2, 0.25) is 0 Å². The standard InChI is InChI=1S/C23H30O5Si/c1-23(2,3)29(6,7)28-22-14-18(27-5)12-13-19(22)21(25)15-20(24)16-8-10-17(26-4)11-9-16/h8-14H,15H2,1-7H3. The molecule has 2 aromatic rings. The van der Waals surface area contributed by atoms with E-state index in [1.807, 2.05) is 0 Å². The average molecular weight is 415 g/mol. The Morgan fingerprint density at radius 2 is 1.41 bits per heavy atom. The number of ether oxygens (including phenoxy) is 2. The highest BCUT2D eigenvalue weighted by Gasteiger charge is 2.39. The number of ketones is 2. The van der Waals surface area contributed by atoms with Gasteiger partial charge >= 0.3 is 0 Å². The molecule has 156 valence electrons. The summed E-state index contributed by atoms with van der Waals surface area (Å²) in [6, 6.07) is 11.8. The van der Waals surface area contributed by atoms with E-state index < -0.39 is 8.32 Å². The van der Waals surface area contributed by atoms with Gasteiger partial charge in [0.05, 0.1) is 26.2 Å². The van der Waals surface area contributed by atoms with E-state index in [0.717, 1.165) is 0 Å². The van der Waals surface area contributed by atoms with Crippen LogP contribution in [0.4, 0.5) is 0 Å². The van der Waals surface area contributed by atoms with Gasteiger partial charge in [-0.25, -0.2) is 0 Å². The van der Waals surface area contributed by atoms with Crippen molar-refractivity contribution in [2.75, 3.05) is 14.2 Å². The monoisotopic (exact) mass is 414 g/mol. The minimum atomic E-state index is -2.18. The van der Waals surface area contributed by atoms with Crippen molar-refractivity contribution in [3.8, 4) is 17.2 Å². The summed E-state index contributed by atoms with van der Waals surface area (Å²) in [6.07, 6.45) is -0.230. The van der Waals surface area contributed by atoms with Crippen molar-refractivity contribution in [1.29, 1.82) is 0 Å². The number of carbonyl (C=O) groups excluding carboxylic acids is 2. The molecule has 0 unspecified atom stereocenters. The van der Waals surface area contributed by atoms with Crippen LogP contribution < -0.4 is 13.9 Å². The molecule has 0 saturated heterocycles. The molecule has 0 aliphatic carbocycles. The highest BCUT2D eigenvalue weighted by atomic mass is 28.4. The van der Waals surface area contributed by atoms with Gasteiger partial charge in [-0.2, -0.15) is 0 Å². The third-order valence-electron chi connectivity index (χ3n) is 5.39. The summed E-state index contributed by atoms with van der Waals surface area (Å²) in [4.78, 5) is 25.5. The fraction of sp³-hybridized carbons (Fsp3) is 0.391. The number of hydrogen-bond donors (Lipinski definition) is 0. The van der Waals surface area contributed by atoms with E-state index >= 15 is 0 Å². The third-order valence-corrected chi connectivity index (χ3v) is 9.74. The predicted molar refractivity (Wildman–Crippen MR) is 117 cm³/mol. The smallest absolute Gasteiger partial charge is 0.250 e. The second kappa shape index (κ2) is 8.82. The first-order chi connectivity index (χ1) is 13.5. The Morgan fingerprint density at radius 3 is 1.93 bits per heavy atom. The van der Waals surface area contributed by atoms with Crippen LogP contribution in [0.25, 0.3) is 0 Å². The molecule has 0 fully saturated rings. The van der Waals surface area contributed by atoms with Crippen molar-refractivity contribution < 1.29 is 23.5 Å². The topological polar surface area (TPSA) is 61.8 Å². The lowest BCUT2D eigenvalue weighted by Crippen LogP contribution is -2.44. The Hall–Kier alpha value is -2.60. The molecule has 0 N–H and O–H groups in total.